The van der Waals surface area contributed by atoms with Crippen LogP contribution in [0.2, 0.25) is 0 Å². The highest BCUT2D eigenvalue weighted by Gasteiger charge is 2.15. The molecule has 5 heteroatoms. The van der Waals surface area contributed by atoms with Gasteiger partial charge in [0.25, 0.3) is 0 Å². The molecule has 0 atom stereocenters. The van der Waals surface area contributed by atoms with Gasteiger partial charge in [0.1, 0.15) is 23.7 Å². The highest BCUT2D eigenvalue weighted by Crippen LogP contribution is 2.30. The first-order valence-corrected chi connectivity index (χ1v) is 9.32. The summed E-state index contributed by atoms with van der Waals surface area (Å²) in [6.45, 7) is 6.47. The zero-order valence-corrected chi connectivity index (χ0v) is 16.7. The van der Waals surface area contributed by atoms with Crippen molar-refractivity contribution in [1.29, 1.82) is 0 Å². The highest BCUT2D eigenvalue weighted by atomic mass is 79.9. The van der Waals surface area contributed by atoms with E-state index in [9.17, 15) is 4.79 Å². The van der Waals surface area contributed by atoms with E-state index in [-0.39, 0.29) is 12.4 Å². The summed E-state index contributed by atoms with van der Waals surface area (Å²) in [5, 5.41) is 1.02. The van der Waals surface area contributed by atoms with Crippen LogP contribution in [0.5, 0.6) is 5.75 Å². The molecule has 0 saturated heterocycles. The maximum absolute atomic E-state index is 11.9. The summed E-state index contributed by atoms with van der Waals surface area (Å²) in [6.07, 6.45) is 0.195. The molecule has 1 aromatic heterocycles. The lowest BCUT2D eigenvalue weighted by Crippen LogP contribution is -2.09. The van der Waals surface area contributed by atoms with Crippen LogP contribution in [-0.4, -0.2) is 12.6 Å². The molecule has 3 rings (SSSR count). The fourth-order valence-electron chi connectivity index (χ4n) is 2.88. The summed E-state index contributed by atoms with van der Waals surface area (Å²) >= 11 is 3.50. The van der Waals surface area contributed by atoms with Crippen molar-refractivity contribution in [3.63, 3.8) is 0 Å². The van der Waals surface area contributed by atoms with Crippen LogP contribution < -0.4 is 4.74 Å². The van der Waals surface area contributed by atoms with E-state index < -0.39 is 0 Å². The average molecular weight is 417 g/mol. The first-order chi connectivity index (χ1) is 12.5. The number of hydrogen-bond donors (Lipinski definition) is 0. The minimum absolute atomic E-state index is 0.195. The van der Waals surface area contributed by atoms with E-state index in [0.29, 0.717) is 19.0 Å². The molecule has 0 amide bonds. The molecular weight excluding hydrogens is 396 g/mol. The fourth-order valence-corrected chi connectivity index (χ4v) is 3.24. The second-order valence-corrected chi connectivity index (χ2v) is 7.07. The van der Waals surface area contributed by atoms with E-state index in [4.69, 9.17) is 13.9 Å². The van der Waals surface area contributed by atoms with Gasteiger partial charge in [-0.2, -0.15) is 0 Å². The van der Waals surface area contributed by atoms with Gasteiger partial charge in [-0.3, -0.25) is 4.79 Å². The average Bonchev–Trinajstić information content (AvgIpc) is 2.90. The van der Waals surface area contributed by atoms with Gasteiger partial charge in [-0.05, 0) is 50.6 Å². The van der Waals surface area contributed by atoms with Crippen LogP contribution in [0.25, 0.3) is 11.0 Å². The van der Waals surface area contributed by atoms with E-state index in [1.54, 1.807) is 6.92 Å². The van der Waals surface area contributed by atoms with Crippen molar-refractivity contribution in [3.8, 4) is 5.75 Å². The molecule has 1 heterocycles. The first-order valence-electron chi connectivity index (χ1n) is 8.53. The molecule has 0 spiro atoms. The number of halogens is 1. The number of benzene rings is 2. The van der Waals surface area contributed by atoms with Crippen LogP contribution in [0, 0.1) is 13.8 Å². The number of furan rings is 1. The number of carbonyl (C=O) groups excluding carboxylic acids is 1. The molecule has 0 bridgehead atoms. The third-order valence-corrected chi connectivity index (χ3v) is 4.68. The van der Waals surface area contributed by atoms with Gasteiger partial charge in [0.05, 0.1) is 13.0 Å². The first kappa shape index (κ1) is 18.5. The van der Waals surface area contributed by atoms with Gasteiger partial charge >= 0.3 is 5.97 Å². The molecule has 0 N–H and O–H groups in total. The van der Waals surface area contributed by atoms with E-state index in [1.165, 1.54) is 0 Å². The molecule has 26 heavy (non-hydrogen) atoms. The summed E-state index contributed by atoms with van der Waals surface area (Å²) in [5.41, 5.74) is 3.73. The molecule has 136 valence electrons. The Morgan fingerprint density at radius 2 is 1.96 bits per heavy atom. The van der Waals surface area contributed by atoms with Crippen molar-refractivity contribution < 1.29 is 18.7 Å². The van der Waals surface area contributed by atoms with Gasteiger partial charge in [0.2, 0.25) is 0 Å². The summed E-state index contributed by atoms with van der Waals surface area (Å²) in [5.74, 6) is 1.27. The summed E-state index contributed by atoms with van der Waals surface area (Å²) in [4.78, 5) is 11.9. The molecule has 0 unspecified atom stereocenters. The Morgan fingerprint density at radius 1 is 1.15 bits per heavy atom. The molecule has 4 nitrogen and oxygen atoms in total. The Balaban J connectivity index is 1.86. The summed E-state index contributed by atoms with van der Waals surface area (Å²) in [7, 11) is 0. The second-order valence-electron chi connectivity index (χ2n) is 6.16. The van der Waals surface area contributed by atoms with Gasteiger partial charge < -0.3 is 13.9 Å². The molecule has 0 radical (unpaired) electrons. The molecule has 2 aromatic carbocycles. The largest absolute Gasteiger partial charge is 0.488 e. The topological polar surface area (TPSA) is 48.7 Å². The van der Waals surface area contributed by atoms with Crippen LogP contribution in [-0.2, 0) is 22.6 Å². The quantitative estimate of drug-likeness (QED) is 0.497. The monoisotopic (exact) mass is 416 g/mol. The van der Waals surface area contributed by atoms with Crippen molar-refractivity contribution in [3.05, 3.63) is 63.3 Å². The van der Waals surface area contributed by atoms with Crippen LogP contribution in [0.4, 0.5) is 0 Å². The molecule has 0 saturated carbocycles. The minimum atomic E-state index is -0.255. The number of aryl methyl sites for hydroxylation is 2. The van der Waals surface area contributed by atoms with Crippen molar-refractivity contribution >= 4 is 32.9 Å². The molecule has 0 fully saturated rings. The SMILES string of the molecule is CCOC(=O)Cc1ccc(C)cc1OCc1c(C)oc2ccc(Br)cc12. The number of fused-ring (bicyclic) bond motifs is 1. The summed E-state index contributed by atoms with van der Waals surface area (Å²) in [6, 6.07) is 11.8. The molecule has 3 aromatic rings. The van der Waals surface area contributed by atoms with E-state index in [1.807, 2.05) is 50.2 Å². The van der Waals surface area contributed by atoms with Gasteiger partial charge in [0.15, 0.2) is 0 Å². The third kappa shape index (κ3) is 4.10. The highest BCUT2D eigenvalue weighted by molar-refractivity contribution is 9.10. The van der Waals surface area contributed by atoms with Crippen LogP contribution in [0.15, 0.2) is 45.3 Å². The standard InChI is InChI=1S/C21H21BrO4/c1-4-24-21(23)10-15-6-5-13(2)9-20(15)25-12-18-14(3)26-19-8-7-16(22)11-17(18)19/h5-9,11H,4,10,12H2,1-3H3. The Bertz CT molecular complexity index is 943. The maximum Gasteiger partial charge on any atom is 0.310 e. The van der Waals surface area contributed by atoms with Gasteiger partial charge in [-0.25, -0.2) is 0 Å². The van der Waals surface area contributed by atoms with Crippen molar-refractivity contribution in [1.82, 2.24) is 0 Å². The zero-order chi connectivity index (χ0) is 18.7. The normalized spacial score (nSPS) is 10.9. The van der Waals surface area contributed by atoms with E-state index in [2.05, 4.69) is 15.9 Å². The Kier molecular flexibility index (Phi) is 5.67. The lowest BCUT2D eigenvalue weighted by Gasteiger charge is -2.12. The van der Waals surface area contributed by atoms with Crippen LogP contribution in [0.1, 0.15) is 29.4 Å². The number of esters is 1. The zero-order valence-electron chi connectivity index (χ0n) is 15.1. The van der Waals surface area contributed by atoms with Crippen LogP contribution in [0.3, 0.4) is 0 Å². The van der Waals surface area contributed by atoms with Crippen molar-refractivity contribution in [2.24, 2.45) is 0 Å². The van der Waals surface area contributed by atoms with Crippen molar-refractivity contribution in [2.45, 2.75) is 33.8 Å². The van der Waals surface area contributed by atoms with E-state index in [0.717, 1.165) is 37.9 Å². The second kappa shape index (κ2) is 7.96. The molecule has 0 aliphatic rings. The predicted octanol–water partition coefficient (Wildman–Crippen LogP) is 5.50. The van der Waals surface area contributed by atoms with Crippen LogP contribution >= 0.6 is 15.9 Å². The number of ether oxygens (including phenoxy) is 2. The minimum Gasteiger partial charge on any atom is -0.488 e. The van der Waals surface area contributed by atoms with Gasteiger partial charge in [-0.15, -0.1) is 0 Å². The Labute approximate surface area is 161 Å². The number of carbonyl (C=O) groups is 1. The van der Waals surface area contributed by atoms with E-state index >= 15 is 0 Å². The Morgan fingerprint density at radius 3 is 2.73 bits per heavy atom. The van der Waals surface area contributed by atoms with Gasteiger partial charge in [0, 0.05) is 21.0 Å². The lowest BCUT2D eigenvalue weighted by molar-refractivity contribution is -0.142. The Hall–Kier alpha value is -2.27. The maximum atomic E-state index is 11.9. The molecular formula is C21H21BrO4. The third-order valence-electron chi connectivity index (χ3n) is 4.19. The summed E-state index contributed by atoms with van der Waals surface area (Å²) < 4.78 is 18.0. The fraction of sp³-hybridized carbons (Fsp3) is 0.286. The molecule has 0 aliphatic carbocycles. The number of rotatable bonds is 6. The smallest absolute Gasteiger partial charge is 0.310 e. The molecule has 0 aliphatic heterocycles. The van der Waals surface area contributed by atoms with Crippen molar-refractivity contribution in [2.75, 3.05) is 6.61 Å². The lowest BCUT2D eigenvalue weighted by atomic mass is 10.1. The predicted molar refractivity (Wildman–Crippen MR) is 104 cm³/mol. The number of hydrogen-bond acceptors (Lipinski definition) is 4. The van der Waals surface area contributed by atoms with Gasteiger partial charge in [-0.1, -0.05) is 28.1 Å².